The molecular weight excluding hydrogens is 252 g/mol. The molecule has 0 spiro atoms. The number of para-hydroxylation sites is 1. The first kappa shape index (κ1) is 14.5. The van der Waals surface area contributed by atoms with E-state index in [1.807, 2.05) is 49.6 Å². The maximum Gasteiger partial charge on any atom is 0.219 e. The van der Waals surface area contributed by atoms with Crippen LogP contribution in [0.25, 0.3) is 0 Å². The van der Waals surface area contributed by atoms with Crippen molar-refractivity contribution in [3.05, 3.63) is 53.7 Å². The summed E-state index contributed by atoms with van der Waals surface area (Å²) >= 11 is 0. The van der Waals surface area contributed by atoms with Crippen LogP contribution in [0.5, 0.6) is 11.6 Å². The lowest BCUT2D eigenvalue weighted by atomic mass is 10.1. The molecule has 2 aromatic rings. The Hall–Kier alpha value is -1.91. The Morgan fingerprint density at radius 2 is 2.05 bits per heavy atom. The second-order valence-electron chi connectivity index (χ2n) is 4.62. The van der Waals surface area contributed by atoms with Crippen LogP contribution in [0.3, 0.4) is 0 Å². The van der Waals surface area contributed by atoms with E-state index in [4.69, 9.17) is 9.84 Å². The lowest BCUT2D eigenvalue weighted by Gasteiger charge is -2.12. The second-order valence-corrected chi connectivity index (χ2v) is 4.62. The summed E-state index contributed by atoms with van der Waals surface area (Å²) in [6.45, 7) is 2.18. The van der Waals surface area contributed by atoms with Gasteiger partial charge in [0.2, 0.25) is 5.88 Å². The van der Waals surface area contributed by atoms with E-state index in [0.717, 1.165) is 16.9 Å². The summed E-state index contributed by atoms with van der Waals surface area (Å²) in [4.78, 5) is 4.32. The molecular formula is C16H20N2O2. The summed E-state index contributed by atoms with van der Waals surface area (Å²) in [5.74, 6) is 1.30. The van der Waals surface area contributed by atoms with Gasteiger partial charge in [0.1, 0.15) is 5.75 Å². The van der Waals surface area contributed by atoms with Gasteiger partial charge in [-0.15, -0.1) is 0 Å². The fraction of sp³-hybridized carbons (Fsp3) is 0.312. The predicted octanol–water partition coefficient (Wildman–Crippen LogP) is 2.69. The van der Waals surface area contributed by atoms with Gasteiger partial charge in [0, 0.05) is 24.9 Å². The molecule has 106 valence electrons. The van der Waals surface area contributed by atoms with E-state index < -0.39 is 0 Å². The molecule has 2 N–H and O–H groups in total. The molecule has 4 nitrogen and oxygen atoms in total. The molecule has 1 atom stereocenters. The highest BCUT2D eigenvalue weighted by atomic mass is 16.5. The van der Waals surface area contributed by atoms with E-state index in [-0.39, 0.29) is 12.6 Å². The number of aliphatic hydroxyl groups is 1. The van der Waals surface area contributed by atoms with Crippen molar-refractivity contribution < 1.29 is 9.84 Å². The van der Waals surface area contributed by atoms with Crippen LogP contribution in [0.15, 0.2) is 42.6 Å². The summed E-state index contributed by atoms with van der Waals surface area (Å²) < 4.78 is 5.79. The van der Waals surface area contributed by atoms with E-state index in [9.17, 15) is 0 Å². The van der Waals surface area contributed by atoms with Gasteiger partial charge in [0.05, 0.1) is 0 Å². The summed E-state index contributed by atoms with van der Waals surface area (Å²) in [5, 5.41) is 12.2. The molecule has 0 aliphatic rings. The quantitative estimate of drug-likeness (QED) is 0.849. The van der Waals surface area contributed by atoms with Crippen LogP contribution in [0.1, 0.15) is 24.1 Å². The predicted molar refractivity (Wildman–Crippen MR) is 79.0 cm³/mol. The fourth-order valence-corrected chi connectivity index (χ4v) is 1.92. The molecule has 0 amide bonds. The lowest BCUT2D eigenvalue weighted by Crippen LogP contribution is -2.12. The van der Waals surface area contributed by atoms with Crippen LogP contribution in [-0.4, -0.2) is 23.7 Å². The van der Waals surface area contributed by atoms with Crippen molar-refractivity contribution in [3.8, 4) is 11.6 Å². The number of nitrogens with one attached hydrogen (secondary N) is 1. The number of aliphatic hydroxyl groups excluding tert-OH is 1. The van der Waals surface area contributed by atoms with Gasteiger partial charge in [-0.05, 0) is 37.6 Å². The van der Waals surface area contributed by atoms with Crippen molar-refractivity contribution in [2.45, 2.75) is 19.4 Å². The highest BCUT2D eigenvalue weighted by Gasteiger charge is 2.06. The molecule has 20 heavy (non-hydrogen) atoms. The maximum absolute atomic E-state index is 9.06. The number of aromatic nitrogens is 1. The third-order valence-electron chi connectivity index (χ3n) is 3.26. The number of hydrogen-bond acceptors (Lipinski definition) is 4. The summed E-state index contributed by atoms with van der Waals surface area (Å²) in [6.07, 6.45) is 2.39. The minimum absolute atomic E-state index is 0.104. The average Bonchev–Trinajstić information content (AvgIpc) is 2.49. The molecule has 1 aromatic carbocycles. The Morgan fingerprint density at radius 3 is 2.70 bits per heavy atom. The number of nitrogens with zero attached hydrogens (tertiary/aromatic N) is 1. The van der Waals surface area contributed by atoms with E-state index in [1.165, 1.54) is 0 Å². The number of pyridine rings is 1. The van der Waals surface area contributed by atoms with E-state index in [2.05, 4.69) is 17.2 Å². The van der Waals surface area contributed by atoms with Gasteiger partial charge >= 0.3 is 0 Å². The third kappa shape index (κ3) is 3.56. The topological polar surface area (TPSA) is 54.4 Å². The smallest absolute Gasteiger partial charge is 0.219 e. The van der Waals surface area contributed by atoms with E-state index in [1.54, 1.807) is 0 Å². The summed E-state index contributed by atoms with van der Waals surface area (Å²) in [5.41, 5.74) is 2.09. The zero-order valence-electron chi connectivity index (χ0n) is 11.8. The van der Waals surface area contributed by atoms with Gasteiger partial charge in [0.25, 0.3) is 0 Å². The van der Waals surface area contributed by atoms with Crippen LogP contribution in [0, 0.1) is 0 Å². The van der Waals surface area contributed by atoms with Gasteiger partial charge in [-0.1, -0.05) is 24.3 Å². The van der Waals surface area contributed by atoms with Crippen molar-refractivity contribution in [2.75, 3.05) is 13.7 Å². The van der Waals surface area contributed by atoms with Crippen molar-refractivity contribution in [3.63, 3.8) is 0 Å². The van der Waals surface area contributed by atoms with Crippen LogP contribution in [-0.2, 0) is 6.42 Å². The molecule has 0 radical (unpaired) electrons. The third-order valence-corrected chi connectivity index (χ3v) is 3.26. The van der Waals surface area contributed by atoms with Gasteiger partial charge in [-0.2, -0.15) is 0 Å². The Kier molecular flexibility index (Phi) is 5.09. The van der Waals surface area contributed by atoms with Crippen LogP contribution < -0.4 is 10.1 Å². The van der Waals surface area contributed by atoms with Gasteiger partial charge in [-0.3, -0.25) is 0 Å². The molecule has 0 saturated carbocycles. The molecule has 0 aliphatic carbocycles. The molecule has 0 fully saturated rings. The van der Waals surface area contributed by atoms with Crippen LogP contribution in [0.4, 0.5) is 0 Å². The SMILES string of the molecule is CNC(C)c1ccc(Oc2ccccc2CCO)nc1. The van der Waals surface area contributed by atoms with Crippen molar-refractivity contribution >= 4 is 0 Å². The maximum atomic E-state index is 9.06. The summed E-state index contributed by atoms with van der Waals surface area (Å²) in [6, 6.07) is 11.8. The molecule has 4 heteroatoms. The molecule has 0 saturated heterocycles. The number of rotatable bonds is 6. The monoisotopic (exact) mass is 272 g/mol. The Balaban J connectivity index is 2.14. The van der Waals surface area contributed by atoms with Crippen molar-refractivity contribution in [1.82, 2.24) is 10.3 Å². The molecule has 1 aromatic heterocycles. The standard InChI is InChI=1S/C16H20N2O2/c1-12(17-2)14-7-8-16(18-11-14)20-15-6-4-3-5-13(15)9-10-19/h3-8,11-12,17,19H,9-10H2,1-2H3. The van der Waals surface area contributed by atoms with Gasteiger partial charge in [-0.25, -0.2) is 4.98 Å². The molecule has 0 bridgehead atoms. The van der Waals surface area contributed by atoms with Crippen molar-refractivity contribution in [1.29, 1.82) is 0 Å². The first-order valence-electron chi connectivity index (χ1n) is 6.74. The highest BCUT2D eigenvalue weighted by Crippen LogP contribution is 2.24. The minimum atomic E-state index is 0.104. The first-order chi connectivity index (χ1) is 9.74. The van der Waals surface area contributed by atoms with Crippen LogP contribution >= 0.6 is 0 Å². The normalized spacial score (nSPS) is 12.2. The van der Waals surface area contributed by atoms with Crippen LogP contribution in [0.2, 0.25) is 0 Å². The first-order valence-corrected chi connectivity index (χ1v) is 6.74. The Bertz CT molecular complexity index is 540. The van der Waals surface area contributed by atoms with Gasteiger partial charge in [0.15, 0.2) is 0 Å². The average molecular weight is 272 g/mol. The molecule has 1 unspecified atom stereocenters. The molecule has 1 heterocycles. The minimum Gasteiger partial charge on any atom is -0.439 e. The zero-order chi connectivity index (χ0) is 14.4. The number of ether oxygens (including phenoxy) is 1. The van der Waals surface area contributed by atoms with Gasteiger partial charge < -0.3 is 15.2 Å². The Morgan fingerprint density at radius 1 is 1.25 bits per heavy atom. The highest BCUT2D eigenvalue weighted by molar-refractivity contribution is 5.36. The van der Waals surface area contributed by atoms with E-state index in [0.29, 0.717) is 12.3 Å². The zero-order valence-corrected chi connectivity index (χ0v) is 11.8. The summed E-state index contributed by atoms with van der Waals surface area (Å²) in [7, 11) is 1.92. The number of benzene rings is 1. The largest absolute Gasteiger partial charge is 0.439 e. The fourth-order valence-electron chi connectivity index (χ4n) is 1.92. The van der Waals surface area contributed by atoms with E-state index >= 15 is 0 Å². The van der Waals surface area contributed by atoms with Crippen molar-refractivity contribution in [2.24, 2.45) is 0 Å². The Labute approximate surface area is 119 Å². The number of hydrogen-bond donors (Lipinski definition) is 2. The lowest BCUT2D eigenvalue weighted by molar-refractivity contribution is 0.297. The molecule has 2 rings (SSSR count). The molecule has 0 aliphatic heterocycles. The second kappa shape index (κ2) is 7.03.